The third kappa shape index (κ3) is 4.04. The van der Waals surface area contributed by atoms with Crippen LogP contribution in [0.2, 0.25) is 0 Å². The van der Waals surface area contributed by atoms with E-state index in [9.17, 15) is 14.9 Å². The third-order valence-electron chi connectivity index (χ3n) is 2.03. The van der Waals surface area contributed by atoms with Crippen molar-refractivity contribution in [2.45, 2.75) is 39.3 Å². The second-order valence-electron chi connectivity index (χ2n) is 4.00. The van der Waals surface area contributed by atoms with Gasteiger partial charge in [-0.1, -0.05) is 0 Å². The number of aryl methyl sites for hydroxylation is 1. The summed E-state index contributed by atoms with van der Waals surface area (Å²) in [5, 5.41) is 23.2. The van der Waals surface area contributed by atoms with Crippen LogP contribution < -0.4 is 4.74 Å². The summed E-state index contributed by atoms with van der Waals surface area (Å²) in [7, 11) is 0. The van der Waals surface area contributed by atoms with E-state index < -0.39 is 10.9 Å². The fourth-order valence-corrected chi connectivity index (χ4v) is 1.33. The average molecular weight is 257 g/mol. The molecule has 1 heterocycles. The van der Waals surface area contributed by atoms with Gasteiger partial charge in [-0.3, -0.25) is 19.6 Å². The number of hydrogen-bond acceptors (Lipinski definition) is 5. The quantitative estimate of drug-likeness (QED) is 0.585. The van der Waals surface area contributed by atoms with E-state index in [4.69, 9.17) is 9.84 Å². The van der Waals surface area contributed by atoms with Crippen LogP contribution in [0.15, 0.2) is 6.20 Å². The molecule has 0 aliphatic rings. The summed E-state index contributed by atoms with van der Waals surface area (Å²) in [6.07, 6.45) is 1.38. The number of nitro groups is 1. The number of hydrogen-bond donors (Lipinski definition) is 1. The Bertz CT molecular complexity index is 441. The fourth-order valence-electron chi connectivity index (χ4n) is 1.33. The van der Waals surface area contributed by atoms with Crippen molar-refractivity contribution in [1.82, 2.24) is 9.78 Å². The Balaban J connectivity index is 2.75. The lowest BCUT2D eigenvalue weighted by Gasteiger charge is -2.04. The van der Waals surface area contributed by atoms with Crippen LogP contribution in [0.1, 0.15) is 26.7 Å². The second-order valence-corrected chi connectivity index (χ2v) is 4.00. The first kappa shape index (κ1) is 13.9. The zero-order valence-corrected chi connectivity index (χ0v) is 10.2. The molecule has 0 saturated carbocycles. The van der Waals surface area contributed by atoms with Crippen LogP contribution in [0.5, 0.6) is 5.88 Å². The molecule has 0 spiro atoms. The lowest BCUT2D eigenvalue weighted by molar-refractivity contribution is -0.386. The van der Waals surface area contributed by atoms with Crippen molar-refractivity contribution in [2.75, 3.05) is 0 Å². The van der Waals surface area contributed by atoms with Crippen LogP contribution in [-0.2, 0) is 11.3 Å². The van der Waals surface area contributed by atoms with Crippen molar-refractivity contribution < 1.29 is 19.6 Å². The van der Waals surface area contributed by atoms with Crippen molar-refractivity contribution in [1.29, 1.82) is 0 Å². The standard InChI is InChI=1S/C10H15N3O5/c1-7(2)18-10-8(13(16)17)6-12(11-10)5-3-4-9(14)15/h6-7H,3-5H2,1-2H3,(H,14,15). The molecule has 0 atom stereocenters. The third-order valence-corrected chi connectivity index (χ3v) is 2.03. The molecule has 1 aromatic heterocycles. The smallest absolute Gasteiger partial charge is 0.350 e. The lowest BCUT2D eigenvalue weighted by Crippen LogP contribution is -2.08. The number of carbonyl (C=O) groups is 1. The number of ether oxygens (including phenoxy) is 1. The summed E-state index contributed by atoms with van der Waals surface area (Å²) in [5.41, 5.74) is -0.209. The van der Waals surface area contributed by atoms with E-state index in [1.807, 2.05) is 0 Å². The zero-order chi connectivity index (χ0) is 13.7. The molecule has 0 fully saturated rings. The highest BCUT2D eigenvalue weighted by molar-refractivity contribution is 5.66. The van der Waals surface area contributed by atoms with E-state index in [2.05, 4.69) is 5.10 Å². The number of aromatic nitrogens is 2. The van der Waals surface area contributed by atoms with Crippen LogP contribution in [0.3, 0.4) is 0 Å². The largest absolute Gasteiger partial charge is 0.481 e. The summed E-state index contributed by atoms with van der Waals surface area (Å²) in [5.74, 6) is -0.944. The highest BCUT2D eigenvalue weighted by Crippen LogP contribution is 2.25. The van der Waals surface area contributed by atoms with Gasteiger partial charge >= 0.3 is 17.5 Å². The van der Waals surface area contributed by atoms with E-state index in [0.717, 1.165) is 0 Å². The minimum absolute atomic E-state index is 0.00592. The molecule has 0 unspecified atom stereocenters. The molecule has 0 aromatic carbocycles. The Kier molecular flexibility index (Phi) is 4.64. The van der Waals surface area contributed by atoms with Gasteiger partial charge in [0.1, 0.15) is 6.20 Å². The number of carboxylic acid groups (broad SMARTS) is 1. The number of rotatable bonds is 7. The molecule has 0 amide bonds. The molecule has 8 nitrogen and oxygen atoms in total. The van der Waals surface area contributed by atoms with Crippen LogP contribution in [0, 0.1) is 10.1 Å². The molecule has 1 N–H and O–H groups in total. The number of nitrogens with zero attached hydrogens (tertiary/aromatic N) is 3. The van der Waals surface area contributed by atoms with Crippen LogP contribution in [0.25, 0.3) is 0 Å². The molecule has 100 valence electrons. The average Bonchev–Trinajstić information content (AvgIpc) is 2.59. The molecule has 1 rings (SSSR count). The molecule has 0 saturated heterocycles. The van der Waals surface area contributed by atoms with Gasteiger partial charge in [-0.2, -0.15) is 0 Å². The first-order valence-electron chi connectivity index (χ1n) is 5.50. The Morgan fingerprint density at radius 2 is 2.33 bits per heavy atom. The maximum atomic E-state index is 10.8. The minimum atomic E-state index is -0.907. The summed E-state index contributed by atoms with van der Waals surface area (Å²) in [6.45, 7) is 3.79. The van der Waals surface area contributed by atoms with Crippen LogP contribution in [-0.4, -0.2) is 31.9 Å². The molecule has 0 radical (unpaired) electrons. The Labute approximate surface area is 103 Å². The number of carboxylic acids is 1. The fraction of sp³-hybridized carbons (Fsp3) is 0.600. The predicted octanol–water partition coefficient (Wildman–Crippen LogP) is 1.44. The van der Waals surface area contributed by atoms with Gasteiger partial charge in [0.15, 0.2) is 0 Å². The minimum Gasteiger partial charge on any atom is -0.481 e. The van der Waals surface area contributed by atoms with Crippen molar-refractivity contribution in [3.8, 4) is 5.88 Å². The van der Waals surface area contributed by atoms with E-state index in [1.165, 1.54) is 10.9 Å². The Morgan fingerprint density at radius 3 is 2.83 bits per heavy atom. The topological polar surface area (TPSA) is 107 Å². The van der Waals surface area contributed by atoms with Gasteiger partial charge in [-0.05, 0) is 20.3 Å². The van der Waals surface area contributed by atoms with E-state index in [0.29, 0.717) is 13.0 Å². The summed E-state index contributed by atoms with van der Waals surface area (Å²) >= 11 is 0. The van der Waals surface area contributed by atoms with Crippen molar-refractivity contribution >= 4 is 11.7 Å². The maximum absolute atomic E-state index is 10.8. The SMILES string of the molecule is CC(C)Oc1nn(CCCC(=O)O)cc1[N+](=O)[O-]. The molecule has 0 bridgehead atoms. The summed E-state index contributed by atoms with van der Waals surface area (Å²) < 4.78 is 6.56. The van der Waals surface area contributed by atoms with Crippen molar-refractivity contribution in [3.05, 3.63) is 16.3 Å². The van der Waals surface area contributed by atoms with Crippen LogP contribution in [0.4, 0.5) is 5.69 Å². The van der Waals surface area contributed by atoms with Gasteiger partial charge in [0.05, 0.1) is 11.0 Å². The monoisotopic (exact) mass is 257 g/mol. The van der Waals surface area contributed by atoms with Crippen molar-refractivity contribution in [2.24, 2.45) is 0 Å². The number of aliphatic carboxylic acids is 1. The Hall–Kier alpha value is -2.12. The first-order chi connectivity index (χ1) is 8.40. The van der Waals surface area contributed by atoms with Gasteiger partial charge < -0.3 is 9.84 Å². The van der Waals surface area contributed by atoms with Crippen LogP contribution >= 0.6 is 0 Å². The summed E-state index contributed by atoms with van der Waals surface area (Å²) in [6, 6.07) is 0. The normalized spacial score (nSPS) is 10.6. The molecule has 0 aliphatic carbocycles. The molecular formula is C10H15N3O5. The van der Waals surface area contributed by atoms with Gasteiger partial charge in [-0.15, -0.1) is 5.10 Å². The van der Waals surface area contributed by atoms with E-state index in [-0.39, 0.29) is 24.1 Å². The maximum Gasteiger partial charge on any atom is 0.350 e. The second kappa shape index (κ2) is 5.99. The first-order valence-corrected chi connectivity index (χ1v) is 5.50. The molecular weight excluding hydrogens is 242 g/mol. The van der Waals surface area contributed by atoms with Crippen molar-refractivity contribution in [3.63, 3.8) is 0 Å². The van der Waals surface area contributed by atoms with Gasteiger partial charge in [0.25, 0.3) is 0 Å². The highest BCUT2D eigenvalue weighted by atomic mass is 16.6. The predicted molar refractivity (Wildman–Crippen MR) is 61.5 cm³/mol. The highest BCUT2D eigenvalue weighted by Gasteiger charge is 2.21. The van der Waals surface area contributed by atoms with Gasteiger partial charge in [0.2, 0.25) is 0 Å². The van der Waals surface area contributed by atoms with E-state index in [1.54, 1.807) is 13.8 Å². The van der Waals surface area contributed by atoms with Gasteiger partial charge in [-0.25, -0.2) is 0 Å². The zero-order valence-electron chi connectivity index (χ0n) is 10.2. The lowest BCUT2D eigenvalue weighted by atomic mass is 10.3. The molecule has 1 aromatic rings. The summed E-state index contributed by atoms with van der Waals surface area (Å²) in [4.78, 5) is 20.6. The Morgan fingerprint density at radius 1 is 1.67 bits per heavy atom. The van der Waals surface area contributed by atoms with E-state index >= 15 is 0 Å². The molecule has 0 aliphatic heterocycles. The van der Waals surface area contributed by atoms with Gasteiger partial charge in [0, 0.05) is 13.0 Å². The molecule has 8 heteroatoms. The molecule has 18 heavy (non-hydrogen) atoms.